The topological polar surface area (TPSA) is 113 Å². The third-order valence-electron chi connectivity index (χ3n) is 7.93. The molecule has 3 amide bonds. The number of amides is 3. The van der Waals surface area contributed by atoms with Crippen LogP contribution in [0.25, 0.3) is 0 Å². The molecule has 2 aromatic carbocycles. The average Bonchev–Trinajstić information content (AvgIpc) is 3.03. The molecule has 2 saturated heterocycles. The lowest BCUT2D eigenvalue weighted by Gasteiger charge is -2.32. The van der Waals surface area contributed by atoms with Crippen molar-refractivity contribution in [3.8, 4) is 11.5 Å². The highest BCUT2D eigenvalue weighted by atomic mass is 16.5. The van der Waals surface area contributed by atoms with Gasteiger partial charge in [-0.15, -0.1) is 0 Å². The van der Waals surface area contributed by atoms with Crippen molar-refractivity contribution >= 4 is 30.1 Å². The summed E-state index contributed by atoms with van der Waals surface area (Å²) in [4.78, 5) is 45.3. The summed E-state index contributed by atoms with van der Waals surface area (Å²) in [6.45, 7) is 10.5. The Morgan fingerprint density at radius 1 is 0.909 bits per heavy atom. The van der Waals surface area contributed by atoms with Crippen molar-refractivity contribution in [2.75, 3.05) is 38.6 Å². The fraction of sp³-hybridized carbons (Fsp3) is 0.412. The van der Waals surface area contributed by atoms with Gasteiger partial charge < -0.3 is 25.0 Å². The highest BCUT2D eigenvalue weighted by Gasteiger charge is 2.26. The van der Waals surface area contributed by atoms with Crippen molar-refractivity contribution in [1.82, 2.24) is 15.1 Å². The number of aliphatic imine (C=N–C) groups is 1. The predicted octanol–water partition coefficient (Wildman–Crippen LogP) is 4.34. The molecule has 234 valence electrons. The minimum Gasteiger partial charge on any atom is -0.497 e. The van der Waals surface area contributed by atoms with Crippen molar-refractivity contribution in [3.63, 3.8) is 0 Å². The van der Waals surface area contributed by atoms with Gasteiger partial charge in [-0.2, -0.15) is 0 Å². The van der Waals surface area contributed by atoms with E-state index in [4.69, 9.17) is 9.47 Å². The number of hydrogen-bond acceptors (Lipinski definition) is 7. The number of allylic oxidation sites excluding steroid dienone is 2. The fourth-order valence-corrected chi connectivity index (χ4v) is 5.35. The highest BCUT2D eigenvalue weighted by molar-refractivity contribution is 5.96. The molecule has 0 bridgehead atoms. The van der Waals surface area contributed by atoms with Crippen molar-refractivity contribution in [3.05, 3.63) is 77.5 Å². The zero-order chi connectivity index (χ0) is 31.5. The van der Waals surface area contributed by atoms with Gasteiger partial charge in [0.1, 0.15) is 23.3 Å². The van der Waals surface area contributed by atoms with Crippen LogP contribution in [0.4, 0.5) is 5.69 Å². The summed E-state index contributed by atoms with van der Waals surface area (Å²) < 4.78 is 11.3. The third-order valence-corrected chi connectivity index (χ3v) is 7.93. The van der Waals surface area contributed by atoms with Gasteiger partial charge in [0, 0.05) is 69.8 Å². The lowest BCUT2D eigenvalue weighted by atomic mass is 10.0. The molecule has 2 aliphatic heterocycles. The minimum absolute atomic E-state index is 0.0186. The zero-order valence-corrected chi connectivity index (χ0v) is 25.9. The number of carbonyl (C=O) groups excluding carboxylic acids is 3. The minimum atomic E-state index is -0.216. The van der Waals surface area contributed by atoms with Crippen LogP contribution in [0.3, 0.4) is 0 Å². The van der Waals surface area contributed by atoms with E-state index < -0.39 is 0 Å². The molecule has 0 saturated carbocycles. The number of piperidine rings is 2. The average molecular weight is 602 g/mol. The molecule has 10 heteroatoms. The lowest BCUT2D eigenvalue weighted by molar-refractivity contribution is -0.129. The van der Waals surface area contributed by atoms with E-state index in [0.717, 1.165) is 44.0 Å². The first kappa shape index (κ1) is 32.5. The molecule has 0 radical (unpaired) electrons. The molecular formula is C34H43N5O5. The summed E-state index contributed by atoms with van der Waals surface area (Å²) in [5.74, 6) is 1.08. The second-order valence-corrected chi connectivity index (χ2v) is 11.2. The van der Waals surface area contributed by atoms with Crippen LogP contribution >= 0.6 is 0 Å². The number of benzene rings is 2. The fourth-order valence-electron chi connectivity index (χ4n) is 5.35. The van der Waals surface area contributed by atoms with Crippen LogP contribution in [0.15, 0.2) is 76.9 Å². The number of rotatable bonds is 11. The first-order chi connectivity index (χ1) is 21.2. The number of carbonyl (C=O) groups is 3. The molecule has 10 nitrogen and oxygen atoms in total. The summed E-state index contributed by atoms with van der Waals surface area (Å²) >= 11 is 0. The van der Waals surface area contributed by atoms with Crippen LogP contribution in [0.2, 0.25) is 0 Å². The molecule has 4 rings (SSSR count). The smallest absolute Gasteiger partial charge is 0.272 e. The molecule has 2 fully saturated rings. The van der Waals surface area contributed by atoms with Crippen LogP contribution in [0.1, 0.15) is 45.1 Å². The largest absolute Gasteiger partial charge is 0.497 e. The maximum atomic E-state index is 13.1. The Balaban J connectivity index is 1.20. The van der Waals surface area contributed by atoms with Gasteiger partial charge in [-0.05, 0) is 74.5 Å². The zero-order valence-electron chi connectivity index (χ0n) is 25.9. The van der Waals surface area contributed by atoms with E-state index in [-0.39, 0.29) is 35.6 Å². The number of nitrogens with zero attached hydrogens (tertiary/aromatic N) is 3. The molecule has 2 N–H and O–H groups in total. The lowest BCUT2D eigenvalue weighted by Crippen LogP contribution is -2.44. The van der Waals surface area contributed by atoms with Crippen LogP contribution in [-0.2, 0) is 20.9 Å². The van der Waals surface area contributed by atoms with E-state index in [1.165, 1.54) is 12.5 Å². The molecule has 2 heterocycles. The maximum Gasteiger partial charge on any atom is 0.272 e. The molecular weight excluding hydrogens is 558 g/mol. The third kappa shape index (κ3) is 9.54. The summed E-state index contributed by atoms with van der Waals surface area (Å²) in [5.41, 5.74) is 2.67. The normalized spacial score (nSPS) is 17.1. The van der Waals surface area contributed by atoms with Gasteiger partial charge in [-0.25, -0.2) is 0 Å². The summed E-state index contributed by atoms with van der Waals surface area (Å²) in [6.07, 6.45) is 6.31. The molecule has 0 aliphatic carbocycles. The number of likely N-dealkylation sites (tertiary alicyclic amines) is 2. The summed E-state index contributed by atoms with van der Waals surface area (Å²) in [6, 6.07) is 15.5. The van der Waals surface area contributed by atoms with Crippen LogP contribution in [-0.4, -0.2) is 79.7 Å². The molecule has 0 atom stereocenters. The Kier molecular flexibility index (Phi) is 11.7. The first-order valence-corrected chi connectivity index (χ1v) is 15.1. The van der Waals surface area contributed by atoms with Gasteiger partial charge in [0.15, 0.2) is 0 Å². The van der Waals surface area contributed by atoms with E-state index in [0.29, 0.717) is 37.2 Å². The van der Waals surface area contributed by atoms with Crippen molar-refractivity contribution in [2.24, 2.45) is 4.99 Å². The van der Waals surface area contributed by atoms with E-state index in [2.05, 4.69) is 39.4 Å². The Morgan fingerprint density at radius 2 is 1.55 bits per heavy atom. The molecule has 0 unspecified atom stereocenters. The van der Waals surface area contributed by atoms with E-state index in [9.17, 15) is 14.4 Å². The molecule has 2 aromatic rings. The van der Waals surface area contributed by atoms with Crippen molar-refractivity contribution in [1.29, 1.82) is 0 Å². The SMILES string of the molecule is C=N/C(=C\C=C(/C)C(=O)NC1CCN(Cc2ccc(OC)cc2)CC1)C(=O)N1CCC(Oc2ccc(NC(C)=O)cc2)CC1. The second kappa shape index (κ2) is 15.9. The maximum absolute atomic E-state index is 13.1. The van der Waals surface area contributed by atoms with Crippen molar-refractivity contribution < 1.29 is 23.9 Å². The van der Waals surface area contributed by atoms with Crippen LogP contribution in [0.5, 0.6) is 11.5 Å². The summed E-state index contributed by atoms with van der Waals surface area (Å²) in [5, 5.41) is 5.87. The molecule has 44 heavy (non-hydrogen) atoms. The predicted molar refractivity (Wildman–Crippen MR) is 172 cm³/mol. The Bertz CT molecular complexity index is 1350. The number of nitrogens with one attached hydrogen (secondary N) is 2. The van der Waals surface area contributed by atoms with Gasteiger partial charge in [-0.1, -0.05) is 18.2 Å². The van der Waals surface area contributed by atoms with Crippen LogP contribution in [0, 0.1) is 0 Å². The van der Waals surface area contributed by atoms with Crippen LogP contribution < -0.4 is 20.1 Å². The quantitative estimate of drug-likeness (QED) is 0.225. The first-order valence-electron chi connectivity index (χ1n) is 15.1. The molecule has 2 aliphatic rings. The molecule has 0 spiro atoms. The number of hydrogen-bond donors (Lipinski definition) is 2. The highest BCUT2D eigenvalue weighted by Crippen LogP contribution is 2.22. The van der Waals surface area contributed by atoms with Crippen molar-refractivity contribution in [2.45, 2.75) is 58.2 Å². The van der Waals surface area contributed by atoms with E-state index >= 15 is 0 Å². The number of anilines is 1. The number of methoxy groups -OCH3 is 1. The summed E-state index contributed by atoms with van der Waals surface area (Å²) in [7, 11) is 1.67. The standard InChI is InChI=1S/C34H43N5O5/c1-24(33(41)37-28-15-19-38(20-16-28)23-26-6-10-29(43-4)11-7-26)5-14-32(35-3)34(42)39-21-17-31(18-22-39)44-30-12-8-27(9-13-30)36-25(2)40/h5-14,28,31H,3,15-23H2,1-2,4H3,(H,36,40)(H,37,41)/b24-5+,32-14-. The monoisotopic (exact) mass is 601 g/mol. The number of ether oxygens (including phenoxy) is 2. The van der Waals surface area contributed by atoms with Gasteiger partial charge in [0.05, 0.1) is 7.11 Å². The second-order valence-electron chi connectivity index (χ2n) is 11.2. The molecule has 0 aromatic heterocycles. The van der Waals surface area contributed by atoms with Gasteiger partial charge in [0.25, 0.3) is 5.91 Å². The van der Waals surface area contributed by atoms with Gasteiger partial charge in [-0.3, -0.25) is 24.3 Å². The van der Waals surface area contributed by atoms with E-state index in [1.54, 1.807) is 43.2 Å². The van der Waals surface area contributed by atoms with Gasteiger partial charge in [0.2, 0.25) is 11.8 Å². The Labute approximate surface area is 259 Å². The van der Waals surface area contributed by atoms with E-state index in [1.807, 2.05) is 24.3 Å². The van der Waals surface area contributed by atoms with Gasteiger partial charge >= 0.3 is 0 Å². The Hall–Kier alpha value is -4.44. The Morgan fingerprint density at radius 3 is 2.14 bits per heavy atom.